The molecule has 1 aliphatic rings. The molecule has 0 bridgehead atoms. The Labute approximate surface area is 132 Å². The molecule has 0 aliphatic carbocycles. The Morgan fingerprint density at radius 3 is 2.18 bits per heavy atom. The van der Waals surface area contributed by atoms with Gasteiger partial charge in [0.15, 0.2) is 0 Å². The van der Waals surface area contributed by atoms with Gasteiger partial charge in [-0.1, -0.05) is 13.8 Å². The zero-order chi connectivity index (χ0) is 16.7. The monoisotopic (exact) mass is 305 g/mol. The zero-order valence-electron chi connectivity index (χ0n) is 14.4. The molecule has 1 fully saturated rings. The van der Waals surface area contributed by atoms with Crippen LogP contribution in [-0.4, -0.2) is 36.4 Å². The van der Waals surface area contributed by atoms with E-state index >= 15 is 0 Å². The van der Waals surface area contributed by atoms with Gasteiger partial charge in [-0.05, 0) is 51.2 Å². The van der Waals surface area contributed by atoms with Crippen molar-refractivity contribution in [1.29, 1.82) is 0 Å². The first kappa shape index (κ1) is 17.0. The molecule has 0 saturated carbocycles. The van der Waals surface area contributed by atoms with Gasteiger partial charge in [-0.15, -0.1) is 0 Å². The maximum atomic E-state index is 11.8. The van der Waals surface area contributed by atoms with Crippen molar-refractivity contribution in [3.05, 3.63) is 23.5 Å². The Bertz CT molecular complexity index is 568. The van der Waals surface area contributed by atoms with Gasteiger partial charge in [-0.2, -0.15) is 0 Å². The zero-order valence-corrected chi connectivity index (χ0v) is 14.4. The topological polar surface area (TPSA) is 57.7 Å². The minimum Gasteiger partial charge on any atom is -0.464 e. The Kier molecular flexibility index (Phi) is 4.37. The van der Waals surface area contributed by atoms with Gasteiger partial charge in [-0.3, -0.25) is 0 Å². The molecule has 6 heteroatoms. The van der Waals surface area contributed by atoms with Crippen LogP contribution in [0.3, 0.4) is 0 Å². The molecule has 0 atom stereocenters. The van der Waals surface area contributed by atoms with Crippen LogP contribution in [-0.2, 0) is 14.0 Å². The van der Waals surface area contributed by atoms with Gasteiger partial charge < -0.3 is 14.0 Å². The lowest BCUT2D eigenvalue weighted by molar-refractivity contribution is 0.00578. The van der Waals surface area contributed by atoms with Gasteiger partial charge in [0, 0.05) is 5.69 Å². The van der Waals surface area contributed by atoms with E-state index in [1.54, 1.807) is 6.07 Å². The van der Waals surface area contributed by atoms with Crippen LogP contribution in [0.1, 0.15) is 63.6 Å². The van der Waals surface area contributed by atoms with E-state index in [0.717, 1.165) is 11.2 Å². The fourth-order valence-electron chi connectivity index (χ4n) is 2.19. The van der Waals surface area contributed by atoms with E-state index < -0.39 is 24.3 Å². The molecule has 5 nitrogen and oxygen atoms in total. The molecule has 0 unspecified atom stereocenters. The summed E-state index contributed by atoms with van der Waals surface area (Å²) in [6.07, 6.45) is 0. The number of aromatic nitrogens is 1. The first-order valence-corrected chi connectivity index (χ1v) is 7.53. The summed E-state index contributed by atoms with van der Waals surface area (Å²) < 4.78 is 16.9. The second kappa shape index (κ2) is 5.67. The number of carbonyl (C=O) groups is 1. The lowest BCUT2D eigenvalue weighted by Crippen LogP contribution is -2.41. The molecule has 0 spiro atoms. The van der Waals surface area contributed by atoms with Crippen molar-refractivity contribution in [2.45, 2.75) is 58.7 Å². The van der Waals surface area contributed by atoms with Crippen molar-refractivity contribution in [3.8, 4) is 0 Å². The molecule has 0 aromatic carbocycles. The Balaban J connectivity index is 2.43. The van der Waals surface area contributed by atoms with Crippen molar-refractivity contribution < 1.29 is 18.8 Å². The van der Waals surface area contributed by atoms with E-state index in [-0.39, 0.29) is 11.6 Å². The van der Waals surface area contributed by atoms with Gasteiger partial charge in [-0.25, -0.2) is 9.78 Å². The molecular weight excluding hydrogens is 281 g/mol. The number of methoxy groups -OCH3 is 1. The maximum Gasteiger partial charge on any atom is 0.494 e. The molecule has 0 N–H and O–H groups in total. The number of esters is 1. The number of pyridine rings is 1. The van der Waals surface area contributed by atoms with E-state index in [1.165, 1.54) is 7.11 Å². The molecule has 120 valence electrons. The van der Waals surface area contributed by atoms with Crippen LogP contribution in [0.15, 0.2) is 12.1 Å². The van der Waals surface area contributed by atoms with Gasteiger partial charge in [0.25, 0.3) is 0 Å². The number of hydrogen-bond acceptors (Lipinski definition) is 5. The van der Waals surface area contributed by atoms with Crippen LogP contribution in [0.2, 0.25) is 0 Å². The SMILES string of the molecule is COC(=O)c1cc(B2OC(C)(C)C(C)(C)O2)cc(C(C)C)n1. The number of carbonyl (C=O) groups excluding carboxylic acids is 1. The minimum absolute atomic E-state index is 0.186. The summed E-state index contributed by atoms with van der Waals surface area (Å²) in [6, 6.07) is 3.61. The average Bonchev–Trinajstić information content (AvgIpc) is 2.66. The highest BCUT2D eigenvalue weighted by atomic mass is 16.7. The highest BCUT2D eigenvalue weighted by molar-refractivity contribution is 6.62. The molecule has 0 amide bonds. The van der Waals surface area contributed by atoms with Crippen LogP contribution in [0.5, 0.6) is 0 Å². The van der Waals surface area contributed by atoms with Crippen molar-refractivity contribution in [1.82, 2.24) is 4.98 Å². The largest absolute Gasteiger partial charge is 0.494 e. The molecule has 1 saturated heterocycles. The quantitative estimate of drug-likeness (QED) is 0.633. The molecule has 2 heterocycles. The van der Waals surface area contributed by atoms with E-state index in [4.69, 9.17) is 14.0 Å². The Morgan fingerprint density at radius 2 is 1.73 bits per heavy atom. The second-order valence-corrected chi connectivity index (χ2v) is 6.95. The third-order valence-corrected chi connectivity index (χ3v) is 4.38. The van der Waals surface area contributed by atoms with Crippen molar-refractivity contribution >= 4 is 18.6 Å². The maximum absolute atomic E-state index is 11.8. The van der Waals surface area contributed by atoms with Gasteiger partial charge in [0.1, 0.15) is 5.69 Å². The van der Waals surface area contributed by atoms with E-state index in [0.29, 0.717) is 0 Å². The molecule has 1 aromatic heterocycles. The smallest absolute Gasteiger partial charge is 0.464 e. The molecule has 2 rings (SSSR count). The van der Waals surface area contributed by atoms with Crippen molar-refractivity contribution in [3.63, 3.8) is 0 Å². The van der Waals surface area contributed by atoms with Crippen molar-refractivity contribution in [2.24, 2.45) is 0 Å². The van der Waals surface area contributed by atoms with Gasteiger partial charge in [0.05, 0.1) is 18.3 Å². The summed E-state index contributed by atoms with van der Waals surface area (Å²) in [5, 5.41) is 0. The first-order valence-electron chi connectivity index (χ1n) is 7.53. The third kappa shape index (κ3) is 3.03. The van der Waals surface area contributed by atoms with Crippen molar-refractivity contribution in [2.75, 3.05) is 7.11 Å². The van der Waals surface area contributed by atoms with Crippen LogP contribution >= 0.6 is 0 Å². The number of nitrogens with zero attached hydrogens (tertiary/aromatic N) is 1. The highest BCUT2D eigenvalue weighted by Gasteiger charge is 2.51. The summed E-state index contributed by atoms with van der Waals surface area (Å²) in [5.74, 6) is -0.272. The normalized spacial score (nSPS) is 19.5. The third-order valence-electron chi connectivity index (χ3n) is 4.38. The first-order chi connectivity index (χ1) is 10.1. The fraction of sp³-hybridized carbons (Fsp3) is 0.625. The van der Waals surface area contributed by atoms with Crippen LogP contribution in [0.25, 0.3) is 0 Å². The molecule has 22 heavy (non-hydrogen) atoms. The van der Waals surface area contributed by atoms with Gasteiger partial charge in [0.2, 0.25) is 0 Å². The minimum atomic E-state index is -0.520. The predicted molar refractivity (Wildman–Crippen MR) is 85.4 cm³/mol. The summed E-state index contributed by atoms with van der Waals surface area (Å²) in [5.41, 5.74) is 1.03. The number of ether oxygens (including phenoxy) is 1. The fourth-order valence-corrected chi connectivity index (χ4v) is 2.19. The Morgan fingerprint density at radius 1 is 1.18 bits per heavy atom. The molecule has 1 aliphatic heterocycles. The summed E-state index contributed by atoms with van der Waals surface area (Å²) >= 11 is 0. The number of rotatable bonds is 3. The molecule has 1 aromatic rings. The lowest BCUT2D eigenvalue weighted by Gasteiger charge is -2.32. The van der Waals surface area contributed by atoms with Crippen LogP contribution in [0, 0.1) is 0 Å². The van der Waals surface area contributed by atoms with Crippen LogP contribution in [0.4, 0.5) is 0 Å². The molecule has 0 radical (unpaired) electrons. The van der Waals surface area contributed by atoms with Crippen LogP contribution < -0.4 is 5.46 Å². The standard InChI is InChI=1S/C16H24BNO4/c1-10(2)12-8-11(9-13(18-12)14(19)20-7)17-21-15(3,4)16(5,6)22-17/h8-10H,1-7H3. The molecular formula is C16H24BNO4. The summed E-state index contributed by atoms with van der Waals surface area (Å²) in [4.78, 5) is 16.2. The highest BCUT2D eigenvalue weighted by Crippen LogP contribution is 2.36. The second-order valence-electron chi connectivity index (χ2n) is 6.95. The van der Waals surface area contributed by atoms with E-state index in [2.05, 4.69) is 4.98 Å². The van der Waals surface area contributed by atoms with E-state index in [9.17, 15) is 4.79 Å². The lowest BCUT2D eigenvalue weighted by atomic mass is 9.78. The predicted octanol–water partition coefficient (Wildman–Crippen LogP) is 2.29. The van der Waals surface area contributed by atoms with E-state index in [1.807, 2.05) is 47.6 Å². The number of hydrogen-bond donors (Lipinski definition) is 0. The summed E-state index contributed by atoms with van der Waals surface area (Å²) in [6.45, 7) is 12.0. The average molecular weight is 305 g/mol. The Hall–Kier alpha value is -1.40. The van der Waals surface area contributed by atoms with Gasteiger partial charge >= 0.3 is 13.1 Å². The summed E-state index contributed by atoms with van der Waals surface area (Å²) in [7, 11) is 0.828.